The number of carbonyl (C=O) groups excluding carboxylic acids is 1. The number of anilines is 2. The predicted molar refractivity (Wildman–Crippen MR) is 169 cm³/mol. The van der Waals surface area contributed by atoms with Crippen molar-refractivity contribution in [2.75, 3.05) is 29.4 Å². The summed E-state index contributed by atoms with van der Waals surface area (Å²) in [5, 5.41) is 12.8. The number of rotatable bonds is 10. The number of hydrogen-bond donors (Lipinski definition) is 3. The summed E-state index contributed by atoms with van der Waals surface area (Å²) >= 11 is 0. The van der Waals surface area contributed by atoms with Crippen LogP contribution < -0.4 is 14.8 Å². The van der Waals surface area contributed by atoms with Crippen LogP contribution in [0.1, 0.15) is 24.0 Å². The smallest absolute Gasteiger partial charge is 0.322 e. The highest BCUT2D eigenvalue weighted by Gasteiger charge is 2.28. The molecule has 1 heterocycles. The Kier molecular flexibility index (Phi) is 9.66. The Morgan fingerprint density at radius 2 is 1.52 bits per heavy atom. The highest BCUT2D eigenvalue weighted by Crippen LogP contribution is 2.26. The van der Waals surface area contributed by atoms with E-state index in [1.807, 2.05) is 30.3 Å². The van der Waals surface area contributed by atoms with E-state index >= 15 is 0 Å². The molecule has 3 N–H and O–H groups in total. The molecule has 5 rings (SSSR count). The number of nitrogens with zero attached hydrogens (tertiary/aromatic N) is 2. The van der Waals surface area contributed by atoms with E-state index in [0.717, 1.165) is 49.9 Å². The van der Waals surface area contributed by atoms with Crippen LogP contribution in [0.5, 0.6) is 17.2 Å². The molecule has 2 amide bonds. The van der Waals surface area contributed by atoms with Gasteiger partial charge in [-0.05, 0) is 96.8 Å². The van der Waals surface area contributed by atoms with Gasteiger partial charge < -0.3 is 20.1 Å². The van der Waals surface area contributed by atoms with Gasteiger partial charge in [-0.3, -0.25) is 9.62 Å². The van der Waals surface area contributed by atoms with E-state index in [9.17, 15) is 22.7 Å². The number of urea groups is 1. The van der Waals surface area contributed by atoms with Gasteiger partial charge in [-0.2, -0.15) is 0 Å². The van der Waals surface area contributed by atoms with Crippen LogP contribution in [0.4, 0.5) is 20.6 Å². The lowest BCUT2D eigenvalue weighted by Gasteiger charge is -2.38. The van der Waals surface area contributed by atoms with Crippen molar-refractivity contribution in [2.45, 2.75) is 32.0 Å². The van der Waals surface area contributed by atoms with Gasteiger partial charge in [-0.25, -0.2) is 17.6 Å². The number of amides is 2. The first-order valence-electron chi connectivity index (χ1n) is 14.3. The molecule has 0 aromatic heterocycles. The Hall–Kier alpha value is -4.61. The molecule has 0 saturated carbocycles. The van der Waals surface area contributed by atoms with Gasteiger partial charge in [0.15, 0.2) is 0 Å². The van der Waals surface area contributed by atoms with Crippen LogP contribution >= 0.6 is 0 Å². The van der Waals surface area contributed by atoms with Crippen LogP contribution in [0.25, 0.3) is 0 Å². The molecule has 4 aromatic carbocycles. The van der Waals surface area contributed by atoms with Gasteiger partial charge in [-0.1, -0.05) is 24.3 Å². The summed E-state index contributed by atoms with van der Waals surface area (Å²) in [5.74, 6) is 1.04. The van der Waals surface area contributed by atoms with Gasteiger partial charge in [0.05, 0.1) is 6.26 Å². The summed E-state index contributed by atoms with van der Waals surface area (Å²) < 4.78 is 44.5. The summed E-state index contributed by atoms with van der Waals surface area (Å²) in [4.78, 5) is 17.5. The van der Waals surface area contributed by atoms with Gasteiger partial charge in [0.25, 0.3) is 0 Å². The van der Waals surface area contributed by atoms with E-state index < -0.39 is 10.0 Å². The molecule has 11 heteroatoms. The summed E-state index contributed by atoms with van der Waals surface area (Å²) in [5.41, 5.74) is 2.94. The number of halogens is 1. The number of phenolic OH excluding ortho intramolecular Hbond substituents is 1. The van der Waals surface area contributed by atoms with Gasteiger partial charge in [-0.15, -0.1) is 0 Å². The molecule has 230 valence electrons. The molecule has 1 aliphatic rings. The molecule has 44 heavy (non-hydrogen) atoms. The quantitative estimate of drug-likeness (QED) is 0.190. The minimum atomic E-state index is -3.34. The molecule has 1 fully saturated rings. The van der Waals surface area contributed by atoms with Crippen LogP contribution in [0.15, 0.2) is 97.1 Å². The number of hydrogen-bond acceptors (Lipinski definition) is 6. The zero-order valence-electron chi connectivity index (χ0n) is 24.3. The first kappa shape index (κ1) is 30.8. The third-order valence-electron chi connectivity index (χ3n) is 7.34. The van der Waals surface area contributed by atoms with E-state index in [2.05, 4.69) is 14.9 Å². The predicted octanol–water partition coefficient (Wildman–Crippen LogP) is 6.39. The van der Waals surface area contributed by atoms with E-state index in [1.165, 1.54) is 24.3 Å². The minimum absolute atomic E-state index is 0.0103. The SMILES string of the molecule is CS(=O)(=O)Nc1ccc(Oc2ccc(CN3CCC(N(Cc4cccc(O)c4)C(=O)Nc4ccc(F)cc4)CC3)cc2)cc1. The second-order valence-corrected chi connectivity index (χ2v) is 12.6. The molecule has 0 atom stereocenters. The first-order chi connectivity index (χ1) is 21.1. The second kappa shape index (κ2) is 13.8. The summed E-state index contributed by atoms with van der Waals surface area (Å²) in [6.07, 6.45) is 2.66. The largest absolute Gasteiger partial charge is 0.508 e. The van der Waals surface area contributed by atoms with Gasteiger partial charge in [0.1, 0.15) is 23.1 Å². The van der Waals surface area contributed by atoms with E-state index in [0.29, 0.717) is 29.4 Å². The number of carbonyl (C=O) groups is 1. The number of benzene rings is 4. The fraction of sp³-hybridized carbons (Fsp3) is 0.242. The Bertz CT molecular complexity index is 1660. The van der Waals surface area contributed by atoms with Crippen molar-refractivity contribution in [1.29, 1.82) is 0 Å². The third kappa shape index (κ3) is 8.95. The molecule has 4 aromatic rings. The van der Waals surface area contributed by atoms with Crippen molar-refractivity contribution in [1.82, 2.24) is 9.80 Å². The molecule has 0 bridgehead atoms. The van der Waals surface area contributed by atoms with Gasteiger partial charge in [0.2, 0.25) is 10.0 Å². The number of ether oxygens (including phenoxy) is 1. The molecular weight excluding hydrogens is 583 g/mol. The maximum atomic E-state index is 13.4. The topological polar surface area (TPSA) is 111 Å². The number of likely N-dealkylation sites (tertiary alicyclic amines) is 1. The van der Waals surface area contributed by atoms with Gasteiger partial charge >= 0.3 is 6.03 Å². The standard InChI is InChI=1S/C33H35FN4O5S/c1-44(41,42)36-28-11-15-32(16-12-28)43-31-13-5-24(6-14-31)22-37-19-17-29(18-20-37)38(23-25-3-2-4-30(39)21-25)33(40)35-27-9-7-26(34)8-10-27/h2-16,21,29,36,39H,17-20,22-23H2,1H3,(H,35,40). The molecular formula is C33H35FN4O5S. The number of aromatic hydroxyl groups is 1. The number of nitrogens with one attached hydrogen (secondary N) is 2. The second-order valence-electron chi connectivity index (χ2n) is 10.9. The monoisotopic (exact) mass is 618 g/mol. The lowest BCUT2D eigenvalue weighted by Crippen LogP contribution is -2.48. The van der Waals surface area contributed by atoms with Gasteiger partial charge in [0, 0.05) is 43.6 Å². The summed E-state index contributed by atoms with van der Waals surface area (Å²) in [7, 11) is -3.34. The minimum Gasteiger partial charge on any atom is -0.508 e. The fourth-order valence-electron chi connectivity index (χ4n) is 5.20. The Morgan fingerprint density at radius 1 is 0.909 bits per heavy atom. The molecule has 0 aliphatic carbocycles. The third-order valence-corrected chi connectivity index (χ3v) is 7.95. The van der Waals surface area contributed by atoms with Crippen LogP contribution in [-0.4, -0.2) is 54.7 Å². The Balaban J connectivity index is 1.17. The summed E-state index contributed by atoms with van der Waals surface area (Å²) in [6, 6.07) is 26.9. The van der Waals surface area contributed by atoms with E-state index in [-0.39, 0.29) is 23.6 Å². The van der Waals surface area contributed by atoms with Crippen LogP contribution in [-0.2, 0) is 23.1 Å². The summed E-state index contributed by atoms with van der Waals surface area (Å²) in [6.45, 7) is 2.70. The molecule has 0 unspecified atom stereocenters. The van der Waals surface area contributed by atoms with Crippen LogP contribution in [0, 0.1) is 5.82 Å². The van der Waals surface area contributed by atoms with Crippen LogP contribution in [0.3, 0.4) is 0 Å². The van der Waals surface area contributed by atoms with Crippen molar-refractivity contribution in [3.8, 4) is 17.2 Å². The average molecular weight is 619 g/mol. The average Bonchev–Trinajstić information content (AvgIpc) is 2.99. The first-order valence-corrected chi connectivity index (χ1v) is 16.2. The zero-order chi connectivity index (χ0) is 31.1. The van der Waals surface area contributed by atoms with Crippen molar-refractivity contribution in [3.63, 3.8) is 0 Å². The highest BCUT2D eigenvalue weighted by atomic mass is 32.2. The zero-order valence-corrected chi connectivity index (χ0v) is 25.1. The van der Waals surface area contributed by atoms with Crippen molar-refractivity contribution >= 4 is 27.4 Å². The lowest BCUT2D eigenvalue weighted by molar-refractivity contribution is 0.120. The lowest BCUT2D eigenvalue weighted by atomic mass is 10.0. The van der Waals surface area contributed by atoms with Crippen LogP contribution in [0.2, 0.25) is 0 Å². The molecule has 0 radical (unpaired) electrons. The van der Waals surface area contributed by atoms with Crippen molar-refractivity contribution in [3.05, 3.63) is 114 Å². The molecule has 1 saturated heterocycles. The van der Waals surface area contributed by atoms with E-state index in [1.54, 1.807) is 47.4 Å². The normalized spacial score (nSPS) is 14.1. The number of sulfonamides is 1. The highest BCUT2D eigenvalue weighted by molar-refractivity contribution is 7.92. The Labute approximate surface area is 256 Å². The van der Waals surface area contributed by atoms with E-state index in [4.69, 9.17) is 4.74 Å². The molecule has 9 nitrogen and oxygen atoms in total. The fourth-order valence-corrected chi connectivity index (χ4v) is 5.76. The maximum absolute atomic E-state index is 13.4. The van der Waals surface area contributed by atoms with Crippen molar-refractivity contribution in [2.24, 2.45) is 0 Å². The number of phenols is 1. The van der Waals surface area contributed by atoms with Crippen molar-refractivity contribution < 1.29 is 27.4 Å². The molecule has 1 aliphatic heterocycles. The Morgan fingerprint density at radius 3 is 2.14 bits per heavy atom. The number of piperidine rings is 1. The molecule has 0 spiro atoms. The maximum Gasteiger partial charge on any atom is 0.322 e.